The van der Waals surface area contributed by atoms with Gasteiger partial charge in [0.2, 0.25) is 0 Å². The summed E-state index contributed by atoms with van der Waals surface area (Å²) in [7, 11) is 0. The Morgan fingerprint density at radius 1 is 1.17 bits per heavy atom. The fourth-order valence-electron chi connectivity index (χ4n) is 3.17. The minimum absolute atomic E-state index is 0.640. The number of hydrogen-bond donors (Lipinski definition) is 1. The van der Waals surface area contributed by atoms with Crippen LogP contribution in [0.15, 0.2) is 23.1 Å². The lowest BCUT2D eigenvalue weighted by Crippen LogP contribution is -2.30. The Kier molecular flexibility index (Phi) is 14.9. The van der Waals surface area contributed by atoms with Crippen molar-refractivity contribution >= 4 is 11.8 Å². The first kappa shape index (κ1) is 23.8. The minimum atomic E-state index is 0.640. The molecule has 0 aromatic heterocycles. The van der Waals surface area contributed by atoms with Crippen LogP contribution in [-0.2, 0) is 0 Å². The average molecular weight is 354 g/mol. The van der Waals surface area contributed by atoms with Gasteiger partial charge in [-0.15, -0.1) is 18.3 Å². The topological polar surface area (TPSA) is 12.0 Å². The van der Waals surface area contributed by atoms with Crippen LogP contribution in [-0.4, -0.2) is 18.8 Å². The number of nitrogens with one attached hydrogen (secondary N) is 1. The van der Waals surface area contributed by atoms with Gasteiger partial charge in [-0.2, -0.15) is 0 Å². The monoisotopic (exact) mass is 353 g/mol. The van der Waals surface area contributed by atoms with Gasteiger partial charge in [-0.3, -0.25) is 0 Å². The van der Waals surface area contributed by atoms with Crippen LogP contribution in [0.1, 0.15) is 86.0 Å². The molecule has 1 N–H and O–H groups in total. The summed E-state index contributed by atoms with van der Waals surface area (Å²) >= 11 is 1.92. The molecular formula is C22H43NS. The van der Waals surface area contributed by atoms with Crippen LogP contribution in [0.2, 0.25) is 0 Å². The van der Waals surface area contributed by atoms with Crippen molar-refractivity contribution in [3.63, 3.8) is 0 Å². The molecule has 2 heteroatoms. The summed E-state index contributed by atoms with van der Waals surface area (Å²) in [6.45, 7) is 16.5. The van der Waals surface area contributed by atoms with Gasteiger partial charge in [-0.25, -0.2) is 0 Å². The molecule has 0 bridgehead atoms. The fraction of sp³-hybridized carbons (Fsp3) is 0.818. The van der Waals surface area contributed by atoms with E-state index in [2.05, 4.69) is 58.8 Å². The third-order valence-electron chi connectivity index (χ3n) is 4.90. The van der Waals surface area contributed by atoms with Crippen LogP contribution in [0.3, 0.4) is 0 Å². The molecule has 0 heterocycles. The molecule has 0 fully saturated rings. The lowest BCUT2D eigenvalue weighted by molar-refractivity contribution is 0.385. The summed E-state index contributed by atoms with van der Waals surface area (Å²) in [5.74, 6) is 1.62. The van der Waals surface area contributed by atoms with Crippen molar-refractivity contribution in [1.29, 1.82) is 0 Å². The van der Waals surface area contributed by atoms with E-state index in [0.29, 0.717) is 6.04 Å². The highest BCUT2D eigenvalue weighted by molar-refractivity contribution is 8.02. The molecule has 0 radical (unpaired) electrons. The molecule has 0 saturated carbocycles. The molecule has 0 spiro atoms. The molecule has 1 nitrogen and oxygen atoms in total. The third-order valence-corrected chi connectivity index (χ3v) is 5.83. The molecule has 0 amide bonds. The van der Waals surface area contributed by atoms with Gasteiger partial charge in [0.15, 0.2) is 0 Å². The predicted molar refractivity (Wildman–Crippen MR) is 115 cm³/mol. The first-order valence-electron chi connectivity index (χ1n) is 9.99. The normalized spacial score (nSPS) is 16.0. The van der Waals surface area contributed by atoms with Crippen molar-refractivity contribution in [2.24, 2.45) is 11.8 Å². The highest BCUT2D eigenvalue weighted by Gasteiger charge is 2.11. The minimum Gasteiger partial charge on any atom is -0.314 e. The first-order chi connectivity index (χ1) is 11.4. The Hall–Kier alpha value is -0.210. The summed E-state index contributed by atoms with van der Waals surface area (Å²) in [6.07, 6.45) is 14.9. The molecule has 0 aromatic rings. The molecule has 0 aliphatic carbocycles. The summed E-state index contributed by atoms with van der Waals surface area (Å²) in [4.78, 5) is 1.56. The molecule has 2 unspecified atom stereocenters. The van der Waals surface area contributed by atoms with E-state index >= 15 is 0 Å². The van der Waals surface area contributed by atoms with Gasteiger partial charge in [0.25, 0.3) is 0 Å². The van der Waals surface area contributed by atoms with Crippen LogP contribution in [0, 0.1) is 11.8 Å². The van der Waals surface area contributed by atoms with Gasteiger partial charge < -0.3 is 5.32 Å². The van der Waals surface area contributed by atoms with Crippen molar-refractivity contribution in [1.82, 2.24) is 5.32 Å². The fourth-order valence-corrected chi connectivity index (χ4v) is 3.81. The van der Waals surface area contributed by atoms with Gasteiger partial charge >= 0.3 is 0 Å². The van der Waals surface area contributed by atoms with Crippen molar-refractivity contribution in [2.45, 2.75) is 92.0 Å². The molecular weight excluding hydrogens is 310 g/mol. The van der Waals surface area contributed by atoms with Crippen LogP contribution < -0.4 is 5.32 Å². The lowest BCUT2D eigenvalue weighted by atomic mass is 9.92. The van der Waals surface area contributed by atoms with Crippen LogP contribution >= 0.6 is 11.8 Å². The van der Waals surface area contributed by atoms with E-state index in [1.54, 1.807) is 4.91 Å². The predicted octanol–water partition coefficient (Wildman–Crippen LogP) is 7.20. The van der Waals surface area contributed by atoms with E-state index in [9.17, 15) is 0 Å². The quantitative estimate of drug-likeness (QED) is 0.312. The van der Waals surface area contributed by atoms with E-state index in [1.807, 2.05) is 11.8 Å². The Labute approximate surface area is 157 Å². The maximum Gasteiger partial charge on any atom is 0.00388 e. The molecule has 3 atom stereocenters. The van der Waals surface area contributed by atoms with Gasteiger partial charge in [-0.05, 0) is 76.0 Å². The second-order valence-electron chi connectivity index (χ2n) is 7.66. The maximum atomic E-state index is 4.00. The molecule has 0 aliphatic heterocycles. The van der Waals surface area contributed by atoms with Gasteiger partial charge in [0.1, 0.15) is 0 Å². The standard InChI is InChI=1S/C22H43NS/c1-8-11-21(16-22(9-2)24-7)13-10-12-20(6)23-17-19(5)15-14-18(3)4/h9,19-21,23H,3,8,10-17H2,1-2,4-7H3/b22-9-/t19?,20?,21-/m1/s1. The van der Waals surface area contributed by atoms with Crippen molar-refractivity contribution < 1.29 is 0 Å². The SMILES string of the molecule is C=C(C)CCC(C)CNC(C)CCC[C@@H](CCC)C/C(=C/C)SC. The summed E-state index contributed by atoms with van der Waals surface area (Å²) < 4.78 is 0. The molecule has 0 aliphatic rings. The van der Waals surface area contributed by atoms with Gasteiger partial charge in [-0.1, -0.05) is 51.2 Å². The zero-order chi connectivity index (χ0) is 18.4. The Balaban J connectivity index is 3.97. The van der Waals surface area contributed by atoms with Crippen molar-refractivity contribution in [3.05, 3.63) is 23.1 Å². The van der Waals surface area contributed by atoms with Crippen LogP contribution in [0.25, 0.3) is 0 Å². The Morgan fingerprint density at radius 2 is 1.88 bits per heavy atom. The van der Waals surface area contributed by atoms with E-state index in [0.717, 1.165) is 18.4 Å². The van der Waals surface area contributed by atoms with Crippen molar-refractivity contribution in [3.8, 4) is 0 Å². The summed E-state index contributed by atoms with van der Waals surface area (Å²) in [5.41, 5.74) is 1.31. The van der Waals surface area contributed by atoms with E-state index < -0.39 is 0 Å². The number of thioether (sulfide) groups is 1. The van der Waals surface area contributed by atoms with Gasteiger partial charge in [0, 0.05) is 6.04 Å². The smallest absolute Gasteiger partial charge is 0.00388 e. The largest absolute Gasteiger partial charge is 0.314 e. The summed E-state index contributed by atoms with van der Waals surface area (Å²) in [5, 5.41) is 3.73. The zero-order valence-electron chi connectivity index (χ0n) is 17.3. The Bertz CT molecular complexity index is 348. The number of allylic oxidation sites excluding steroid dienone is 3. The summed E-state index contributed by atoms with van der Waals surface area (Å²) in [6, 6.07) is 0.640. The Morgan fingerprint density at radius 3 is 2.42 bits per heavy atom. The van der Waals surface area contributed by atoms with Gasteiger partial charge in [0.05, 0.1) is 0 Å². The lowest BCUT2D eigenvalue weighted by Gasteiger charge is -2.20. The zero-order valence-corrected chi connectivity index (χ0v) is 18.1. The van der Waals surface area contributed by atoms with Crippen LogP contribution in [0.4, 0.5) is 0 Å². The molecule has 0 saturated heterocycles. The molecule has 24 heavy (non-hydrogen) atoms. The molecule has 0 aromatic carbocycles. The third kappa shape index (κ3) is 13.1. The van der Waals surface area contributed by atoms with Crippen LogP contribution in [0.5, 0.6) is 0 Å². The van der Waals surface area contributed by atoms with E-state index in [1.165, 1.54) is 56.9 Å². The first-order valence-corrected chi connectivity index (χ1v) is 11.2. The second kappa shape index (κ2) is 15.1. The second-order valence-corrected chi connectivity index (χ2v) is 8.59. The molecule has 142 valence electrons. The highest BCUT2D eigenvalue weighted by Crippen LogP contribution is 2.28. The molecule has 0 rings (SSSR count). The average Bonchev–Trinajstić information content (AvgIpc) is 2.55. The van der Waals surface area contributed by atoms with Crippen molar-refractivity contribution in [2.75, 3.05) is 12.8 Å². The maximum absolute atomic E-state index is 4.00. The number of rotatable bonds is 15. The van der Waals surface area contributed by atoms with E-state index in [-0.39, 0.29) is 0 Å². The highest BCUT2D eigenvalue weighted by atomic mass is 32.2. The van der Waals surface area contributed by atoms with E-state index in [4.69, 9.17) is 0 Å². The number of hydrogen-bond acceptors (Lipinski definition) is 2.